The second-order valence-corrected chi connectivity index (χ2v) is 3.00. The number of hydrogen-bond donors (Lipinski definition) is 1. The minimum Gasteiger partial charge on any atom is -0.508 e. The van der Waals surface area contributed by atoms with E-state index in [1.807, 2.05) is 0 Å². The number of halogens is 1. The van der Waals surface area contributed by atoms with E-state index in [1.165, 1.54) is 18.2 Å². The van der Waals surface area contributed by atoms with Crippen molar-refractivity contribution in [2.45, 2.75) is 0 Å². The molecule has 0 bridgehead atoms. The molecule has 3 nitrogen and oxygen atoms in total. The normalized spacial score (nSPS) is 10.5. The lowest BCUT2D eigenvalue weighted by atomic mass is 10.2. The van der Waals surface area contributed by atoms with Crippen LogP contribution in [0.15, 0.2) is 33.5 Å². The molecule has 1 heterocycles. The first kappa shape index (κ1) is 8.13. The average molecular weight is 197 g/mol. The summed E-state index contributed by atoms with van der Waals surface area (Å²) in [4.78, 5) is 10.8. The Balaban J connectivity index is 2.94. The van der Waals surface area contributed by atoms with Gasteiger partial charge in [-0.2, -0.15) is 0 Å². The van der Waals surface area contributed by atoms with E-state index in [1.54, 1.807) is 6.07 Å². The Morgan fingerprint density at radius 3 is 2.85 bits per heavy atom. The fourth-order valence-corrected chi connectivity index (χ4v) is 1.39. The summed E-state index contributed by atoms with van der Waals surface area (Å²) in [5.74, 6) is -0.0214. The van der Waals surface area contributed by atoms with E-state index in [0.29, 0.717) is 10.4 Å². The van der Waals surface area contributed by atoms with Crippen LogP contribution in [0.5, 0.6) is 5.75 Å². The maximum absolute atomic E-state index is 10.8. The molecular weight excluding hydrogens is 192 g/mol. The summed E-state index contributed by atoms with van der Waals surface area (Å²) in [5.41, 5.74) is -0.174. The first-order valence-electron chi connectivity index (χ1n) is 3.59. The van der Waals surface area contributed by atoms with Crippen LogP contribution >= 0.6 is 11.6 Å². The van der Waals surface area contributed by atoms with Crippen molar-refractivity contribution in [3.8, 4) is 5.75 Å². The van der Waals surface area contributed by atoms with E-state index in [4.69, 9.17) is 21.1 Å². The average Bonchev–Trinajstić information content (AvgIpc) is 2.02. The molecule has 0 unspecified atom stereocenters. The highest BCUT2D eigenvalue weighted by atomic mass is 35.5. The van der Waals surface area contributed by atoms with E-state index in [2.05, 4.69) is 0 Å². The zero-order chi connectivity index (χ0) is 9.42. The number of hydrogen-bond acceptors (Lipinski definition) is 3. The molecule has 0 saturated carbocycles. The Kier molecular flexibility index (Phi) is 1.74. The Morgan fingerprint density at radius 2 is 2.08 bits per heavy atom. The van der Waals surface area contributed by atoms with Gasteiger partial charge in [0.1, 0.15) is 11.3 Å². The van der Waals surface area contributed by atoms with Gasteiger partial charge in [-0.05, 0) is 12.1 Å². The Hall–Kier alpha value is -1.48. The van der Waals surface area contributed by atoms with E-state index in [0.717, 1.165) is 0 Å². The first-order valence-corrected chi connectivity index (χ1v) is 3.97. The van der Waals surface area contributed by atoms with Gasteiger partial charge in [-0.1, -0.05) is 11.6 Å². The van der Waals surface area contributed by atoms with Crippen LogP contribution < -0.4 is 5.63 Å². The van der Waals surface area contributed by atoms with Crippen LogP contribution in [0.4, 0.5) is 0 Å². The van der Waals surface area contributed by atoms with Gasteiger partial charge in [-0.25, -0.2) is 4.79 Å². The summed E-state index contributed by atoms with van der Waals surface area (Å²) in [5, 5.41) is 10.1. The molecule has 0 aliphatic carbocycles. The van der Waals surface area contributed by atoms with Crippen molar-refractivity contribution >= 4 is 22.6 Å². The van der Waals surface area contributed by atoms with Crippen molar-refractivity contribution in [1.82, 2.24) is 0 Å². The smallest absolute Gasteiger partial charge is 0.336 e. The van der Waals surface area contributed by atoms with Crippen molar-refractivity contribution < 1.29 is 9.52 Å². The van der Waals surface area contributed by atoms with Gasteiger partial charge in [-0.3, -0.25) is 0 Å². The number of aromatic hydroxyl groups is 1. The molecule has 2 aromatic rings. The lowest BCUT2D eigenvalue weighted by molar-refractivity contribution is 0.473. The maximum Gasteiger partial charge on any atom is 0.336 e. The lowest BCUT2D eigenvalue weighted by Crippen LogP contribution is -1.94. The molecule has 0 fully saturated rings. The van der Waals surface area contributed by atoms with Crippen molar-refractivity contribution in [3.63, 3.8) is 0 Å². The van der Waals surface area contributed by atoms with Crippen molar-refractivity contribution in [2.75, 3.05) is 0 Å². The summed E-state index contributed by atoms with van der Waals surface area (Å²) in [6.07, 6.45) is 0. The molecule has 1 aromatic carbocycles. The summed E-state index contributed by atoms with van der Waals surface area (Å²) >= 11 is 5.79. The van der Waals surface area contributed by atoms with Crippen molar-refractivity contribution in [1.29, 1.82) is 0 Å². The molecule has 66 valence electrons. The van der Waals surface area contributed by atoms with Gasteiger partial charge in [0.15, 0.2) is 0 Å². The van der Waals surface area contributed by atoms with E-state index in [9.17, 15) is 4.79 Å². The van der Waals surface area contributed by atoms with Crippen molar-refractivity contribution in [3.05, 3.63) is 39.7 Å². The Labute approximate surface area is 78.2 Å². The van der Waals surface area contributed by atoms with Crippen LogP contribution in [0.2, 0.25) is 5.02 Å². The number of phenols is 1. The fourth-order valence-electron chi connectivity index (χ4n) is 1.12. The van der Waals surface area contributed by atoms with E-state index in [-0.39, 0.29) is 11.3 Å². The molecule has 0 saturated heterocycles. The van der Waals surface area contributed by atoms with Gasteiger partial charge in [0.25, 0.3) is 0 Å². The minimum atomic E-state index is -0.464. The molecule has 0 spiro atoms. The van der Waals surface area contributed by atoms with Gasteiger partial charge in [0.2, 0.25) is 0 Å². The van der Waals surface area contributed by atoms with E-state index < -0.39 is 5.63 Å². The van der Waals surface area contributed by atoms with Crippen LogP contribution in [-0.2, 0) is 0 Å². The Bertz CT molecular complexity index is 516. The zero-order valence-corrected chi connectivity index (χ0v) is 7.21. The molecule has 13 heavy (non-hydrogen) atoms. The van der Waals surface area contributed by atoms with Gasteiger partial charge >= 0.3 is 5.63 Å². The molecule has 0 aliphatic heterocycles. The third kappa shape index (κ3) is 1.38. The third-order valence-corrected chi connectivity index (χ3v) is 1.99. The quantitative estimate of drug-likeness (QED) is 0.657. The van der Waals surface area contributed by atoms with Gasteiger partial charge in [0, 0.05) is 17.5 Å². The van der Waals surface area contributed by atoms with Crippen LogP contribution in [0.1, 0.15) is 0 Å². The van der Waals surface area contributed by atoms with Gasteiger partial charge in [0.05, 0.1) is 5.02 Å². The maximum atomic E-state index is 10.8. The van der Waals surface area contributed by atoms with Crippen LogP contribution in [0.25, 0.3) is 11.0 Å². The Morgan fingerprint density at radius 1 is 1.31 bits per heavy atom. The summed E-state index contributed by atoms with van der Waals surface area (Å²) in [6.45, 7) is 0. The second-order valence-electron chi connectivity index (χ2n) is 2.59. The zero-order valence-electron chi connectivity index (χ0n) is 6.45. The topological polar surface area (TPSA) is 50.4 Å². The number of benzene rings is 1. The molecular formula is C9H5ClO3. The highest BCUT2D eigenvalue weighted by molar-refractivity contribution is 6.35. The molecule has 0 radical (unpaired) electrons. The SMILES string of the molecule is O=c1ccc2c(Cl)cc(O)cc2o1. The minimum absolute atomic E-state index is 0.0214. The molecule has 2 rings (SSSR count). The number of phenolic OH excluding ortho intramolecular Hbond substituents is 1. The highest BCUT2D eigenvalue weighted by Gasteiger charge is 2.03. The van der Waals surface area contributed by atoms with Crippen molar-refractivity contribution in [2.24, 2.45) is 0 Å². The first-order chi connectivity index (χ1) is 6.16. The summed E-state index contributed by atoms with van der Waals surface area (Å²) < 4.78 is 4.82. The second kappa shape index (κ2) is 2.78. The third-order valence-electron chi connectivity index (χ3n) is 1.67. The molecule has 4 heteroatoms. The number of rotatable bonds is 0. The predicted octanol–water partition coefficient (Wildman–Crippen LogP) is 2.15. The molecule has 0 aliphatic rings. The monoisotopic (exact) mass is 196 g/mol. The molecule has 1 N–H and O–H groups in total. The summed E-state index contributed by atoms with van der Waals surface area (Å²) in [7, 11) is 0. The van der Waals surface area contributed by atoms with Gasteiger partial charge < -0.3 is 9.52 Å². The molecule has 0 atom stereocenters. The lowest BCUT2D eigenvalue weighted by Gasteiger charge is -1.98. The largest absolute Gasteiger partial charge is 0.508 e. The van der Waals surface area contributed by atoms with Crippen LogP contribution in [0.3, 0.4) is 0 Å². The predicted molar refractivity (Wildman–Crippen MR) is 49.2 cm³/mol. The number of fused-ring (bicyclic) bond motifs is 1. The summed E-state index contributed by atoms with van der Waals surface area (Å²) in [6, 6.07) is 5.58. The fraction of sp³-hybridized carbons (Fsp3) is 0. The van der Waals surface area contributed by atoms with Gasteiger partial charge in [-0.15, -0.1) is 0 Å². The van der Waals surface area contributed by atoms with Crippen LogP contribution in [0, 0.1) is 0 Å². The standard InChI is InChI=1S/C9H5ClO3/c10-7-3-5(11)4-8-6(7)1-2-9(12)13-8/h1-4,11H. The highest BCUT2D eigenvalue weighted by Crippen LogP contribution is 2.26. The van der Waals surface area contributed by atoms with Crippen LogP contribution in [-0.4, -0.2) is 5.11 Å². The molecule has 0 amide bonds. The molecule has 1 aromatic heterocycles. The van der Waals surface area contributed by atoms with E-state index >= 15 is 0 Å².